The molecular weight excluding hydrogens is 482 g/mol. The summed E-state index contributed by atoms with van der Waals surface area (Å²) in [5, 5.41) is 16.5. The number of nitrogens with zero attached hydrogens (tertiary/aromatic N) is 6. The van der Waals surface area contributed by atoms with Crippen molar-refractivity contribution in [2.45, 2.75) is 44.8 Å². The summed E-state index contributed by atoms with van der Waals surface area (Å²) in [5.41, 5.74) is 9.35. The molecule has 2 unspecified atom stereocenters. The van der Waals surface area contributed by atoms with E-state index in [0.29, 0.717) is 17.3 Å². The van der Waals surface area contributed by atoms with Gasteiger partial charge in [0.25, 0.3) is 0 Å². The van der Waals surface area contributed by atoms with E-state index in [1.54, 1.807) is 6.20 Å². The predicted molar refractivity (Wildman–Crippen MR) is 145 cm³/mol. The maximum absolute atomic E-state index is 11.5. The van der Waals surface area contributed by atoms with Crippen molar-refractivity contribution in [2.75, 3.05) is 43.1 Å². The van der Waals surface area contributed by atoms with Crippen LogP contribution in [-0.2, 0) is 16.1 Å². The summed E-state index contributed by atoms with van der Waals surface area (Å²) in [6, 6.07) is 8.03. The number of pyridine rings is 2. The van der Waals surface area contributed by atoms with Crippen LogP contribution < -0.4 is 21.3 Å². The lowest BCUT2D eigenvalue weighted by atomic mass is 10.1. The van der Waals surface area contributed by atoms with E-state index in [0.717, 1.165) is 74.9 Å². The number of primary amides is 1. The van der Waals surface area contributed by atoms with Gasteiger partial charge in [0.15, 0.2) is 0 Å². The van der Waals surface area contributed by atoms with Crippen LogP contribution >= 0.6 is 0 Å². The molecule has 0 aromatic carbocycles. The largest absolute Gasteiger partial charge is 0.379 e. The van der Waals surface area contributed by atoms with E-state index >= 15 is 0 Å². The summed E-state index contributed by atoms with van der Waals surface area (Å²) >= 11 is 0. The maximum Gasteiger partial charge on any atom is 0.219 e. The summed E-state index contributed by atoms with van der Waals surface area (Å²) in [6.07, 6.45) is 7.62. The zero-order valence-electron chi connectivity index (χ0n) is 21.6. The number of nitrogens with one attached hydrogen (secondary N) is 2. The molecule has 1 amide bonds. The third-order valence-corrected chi connectivity index (χ3v) is 6.95. The fourth-order valence-electron chi connectivity index (χ4n) is 5.11. The highest BCUT2D eigenvalue weighted by Crippen LogP contribution is 2.30. The number of morpholine rings is 1. The van der Waals surface area contributed by atoms with Gasteiger partial charge in [0.1, 0.15) is 11.9 Å². The molecule has 11 nitrogen and oxygen atoms in total. The number of nitrogens with two attached hydrogens (primary N) is 1. The molecule has 0 spiro atoms. The first kappa shape index (κ1) is 25.6. The van der Waals surface area contributed by atoms with E-state index in [1.807, 2.05) is 42.3 Å². The van der Waals surface area contributed by atoms with Crippen molar-refractivity contribution in [3.63, 3.8) is 0 Å². The summed E-state index contributed by atoms with van der Waals surface area (Å²) < 4.78 is 5.41. The Morgan fingerprint density at radius 2 is 2.11 bits per heavy atom. The van der Waals surface area contributed by atoms with Crippen LogP contribution in [0.15, 0.2) is 41.7 Å². The molecule has 0 saturated carbocycles. The molecule has 5 heterocycles. The molecule has 3 aliphatic heterocycles. The minimum Gasteiger partial charge on any atom is -0.379 e. The first-order valence-electron chi connectivity index (χ1n) is 13.0. The van der Waals surface area contributed by atoms with Crippen molar-refractivity contribution < 1.29 is 9.53 Å². The van der Waals surface area contributed by atoms with Gasteiger partial charge in [-0.3, -0.25) is 14.7 Å². The monoisotopic (exact) mass is 515 g/mol. The van der Waals surface area contributed by atoms with Gasteiger partial charge in [0, 0.05) is 56.1 Å². The lowest BCUT2D eigenvalue weighted by Gasteiger charge is -2.26. The zero-order chi connectivity index (χ0) is 26.5. The molecule has 2 atom stereocenters. The van der Waals surface area contributed by atoms with Gasteiger partial charge in [-0.2, -0.15) is 5.26 Å². The van der Waals surface area contributed by atoms with Crippen molar-refractivity contribution in [3.8, 4) is 6.07 Å². The first-order chi connectivity index (χ1) is 18.5. The Hall–Kier alpha value is -4.01. The maximum atomic E-state index is 11.5. The number of amides is 1. The van der Waals surface area contributed by atoms with Crippen molar-refractivity contribution >= 4 is 29.1 Å². The van der Waals surface area contributed by atoms with Gasteiger partial charge in [0.05, 0.1) is 42.4 Å². The summed E-state index contributed by atoms with van der Waals surface area (Å²) in [4.78, 5) is 29.8. The number of guanidine groups is 1. The number of hydrogen-bond acceptors (Lipinski definition) is 10. The minimum atomic E-state index is -0.344. The Bertz CT molecular complexity index is 1260. The smallest absolute Gasteiger partial charge is 0.219 e. The van der Waals surface area contributed by atoms with Crippen molar-refractivity contribution in [1.82, 2.24) is 20.2 Å². The fraction of sp³-hybridized carbons (Fsp3) is 0.444. The van der Waals surface area contributed by atoms with Crippen LogP contribution in [0.2, 0.25) is 0 Å². The van der Waals surface area contributed by atoms with E-state index in [2.05, 4.69) is 36.6 Å². The Labute approximate surface area is 222 Å². The van der Waals surface area contributed by atoms with Gasteiger partial charge in [-0.05, 0) is 44.0 Å². The van der Waals surface area contributed by atoms with Gasteiger partial charge in [-0.25, -0.2) is 9.98 Å². The number of nitriles is 1. The molecule has 38 heavy (non-hydrogen) atoms. The highest BCUT2D eigenvalue weighted by molar-refractivity contribution is 6.00. The molecule has 0 radical (unpaired) electrons. The molecule has 2 fully saturated rings. The number of aromatic nitrogens is 2. The van der Waals surface area contributed by atoms with Gasteiger partial charge >= 0.3 is 0 Å². The Morgan fingerprint density at radius 1 is 1.26 bits per heavy atom. The standard InChI is InChI=1S/C27H33N9O2/c1-18-11-24(20-12-19(14-28)26(31-15-20)36-6-2-3-23(36)13-25(29)37)34-27(32-18)33-21-4-5-22(30-16-21)17-35-7-9-38-10-8-35/h4-5,11-12,15-16,18,23H,2-3,6-10,13,17H2,1H3,(H2,29,37)(H2,32,33,34). The molecule has 2 saturated heterocycles. The SMILES string of the molecule is CC1C=C(c2cnc(N3CCCC3CC(N)=O)c(C#N)c2)NC(Nc2ccc(CN3CCOCC3)nc2)=N1. The molecule has 0 bridgehead atoms. The van der Waals surface area contributed by atoms with Gasteiger partial charge in [-0.15, -0.1) is 0 Å². The highest BCUT2D eigenvalue weighted by Gasteiger charge is 2.29. The number of hydrogen-bond donors (Lipinski definition) is 3. The molecule has 4 N–H and O–H groups in total. The van der Waals surface area contributed by atoms with Crippen molar-refractivity contribution in [3.05, 3.63) is 53.5 Å². The lowest BCUT2D eigenvalue weighted by molar-refractivity contribution is -0.118. The predicted octanol–water partition coefficient (Wildman–Crippen LogP) is 1.83. The van der Waals surface area contributed by atoms with Gasteiger partial charge in [0.2, 0.25) is 11.9 Å². The van der Waals surface area contributed by atoms with E-state index in [9.17, 15) is 10.1 Å². The second kappa shape index (κ2) is 11.6. The molecule has 198 valence electrons. The van der Waals surface area contributed by atoms with E-state index in [4.69, 9.17) is 10.5 Å². The Morgan fingerprint density at radius 3 is 2.84 bits per heavy atom. The Balaban J connectivity index is 1.26. The van der Waals surface area contributed by atoms with E-state index < -0.39 is 0 Å². The zero-order valence-corrected chi connectivity index (χ0v) is 21.6. The van der Waals surface area contributed by atoms with Gasteiger partial charge < -0.3 is 26.0 Å². The first-order valence-corrected chi connectivity index (χ1v) is 13.0. The highest BCUT2D eigenvalue weighted by atomic mass is 16.5. The molecule has 0 aliphatic carbocycles. The number of carbonyl (C=O) groups excluding carboxylic acids is 1. The molecule has 5 rings (SSSR count). The average Bonchev–Trinajstić information content (AvgIpc) is 3.37. The Kier molecular flexibility index (Phi) is 7.81. The third-order valence-electron chi connectivity index (χ3n) is 6.95. The van der Waals surface area contributed by atoms with Crippen LogP contribution in [0.5, 0.6) is 0 Å². The van der Waals surface area contributed by atoms with Crippen LogP contribution in [0, 0.1) is 11.3 Å². The normalized spacial score (nSPS) is 21.7. The number of aliphatic imine (C=N–C) groups is 1. The molecule has 2 aromatic heterocycles. The molecular formula is C27H33N9O2. The lowest BCUT2D eigenvalue weighted by Crippen LogP contribution is -2.36. The van der Waals surface area contributed by atoms with Crippen molar-refractivity contribution in [1.29, 1.82) is 5.26 Å². The summed E-state index contributed by atoms with van der Waals surface area (Å²) in [5.74, 6) is 0.852. The average molecular weight is 516 g/mol. The van der Waals surface area contributed by atoms with Crippen LogP contribution in [0.1, 0.15) is 43.0 Å². The second-order valence-corrected chi connectivity index (χ2v) is 9.84. The second-order valence-electron chi connectivity index (χ2n) is 9.84. The molecule has 11 heteroatoms. The van der Waals surface area contributed by atoms with Crippen LogP contribution in [0.3, 0.4) is 0 Å². The third kappa shape index (κ3) is 6.10. The van der Waals surface area contributed by atoms with Crippen LogP contribution in [-0.4, -0.2) is 71.7 Å². The molecule has 3 aliphatic rings. The topological polar surface area (TPSA) is 145 Å². The van der Waals surface area contributed by atoms with E-state index in [-0.39, 0.29) is 24.4 Å². The number of anilines is 2. The minimum absolute atomic E-state index is 0.0261. The fourth-order valence-corrected chi connectivity index (χ4v) is 5.11. The summed E-state index contributed by atoms with van der Waals surface area (Å²) in [6.45, 7) is 6.92. The summed E-state index contributed by atoms with van der Waals surface area (Å²) in [7, 11) is 0. The van der Waals surface area contributed by atoms with Gasteiger partial charge in [-0.1, -0.05) is 0 Å². The van der Waals surface area contributed by atoms with Crippen LogP contribution in [0.25, 0.3) is 5.70 Å². The molecule has 2 aromatic rings. The number of carbonyl (C=O) groups is 1. The van der Waals surface area contributed by atoms with E-state index in [1.165, 1.54) is 0 Å². The number of ether oxygens (including phenoxy) is 1. The van der Waals surface area contributed by atoms with Crippen LogP contribution in [0.4, 0.5) is 11.5 Å². The quantitative estimate of drug-likeness (QED) is 0.503. The number of rotatable bonds is 7. The van der Waals surface area contributed by atoms with Crippen molar-refractivity contribution in [2.24, 2.45) is 10.7 Å².